The molecule has 0 saturated carbocycles. The van der Waals surface area contributed by atoms with Crippen molar-refractivity contribution in [1.82, 2.24) is 4.90 Å². The van der Waals surface area contributed by atoms with Crippen LogP contribution in [0.5, 0.6) is 0 Å². The second kappa shape index (κ2) is 8.43. The summed E-state index contributed by atoms with van der Waals surface area (Å²) in [7, 11) is 1.79. The molecule has 0 N–H and O–H groups in total. The van der Waals surface area contributed by atoms with E-state index in [2.05, 4.69) is 24.3 Å². The summed E-state index contributed by atoms with van der Waals surface area (Å²) >= 11 is 0. The second-order valence-electron chi connectivity index (χ2n) is 6.45. The molecule has 0 atom stereocenters. The number of hydrogen-bond acceptors (Lipinski definition) is 1. The van der Waals surface area contributed by atoms with E-state index in [1.54, 1.807) is 24.1 Å². The Morgan fingerprint density at radius 3 is 1.85 bits per heavy atom. The zero-order valence-electron chi connectivity index (χ0n) is 14.8. The average molecular weight is 347 g/mol. The molecule has 132 valence electrons. The van der Waals surface area contributed by atoms with Crippen LogP contribution in [0.4, 0.5) is 4.39 Å². The van der Waals surface area contributed by atoms with Gasteiger partial charge in [0.25, 0.3) is 0 Å². The van der Waals surface area contributed by atoms with Gasteiger partial charge in [-0.2, -0.15) is 0 Å². The normalized spacial score (nSPS) is 10.7. The largest absolute Gasteiger partial charge is 0.341 e. The Hall–Kier alpha value is -2.94. The van der Waals surface area contributed by atoms with Gasteiger partial charge in [0.05, 0.1) is 0 Å². The molecular formula is C23H22FNO. The van der Waals surface area contributed by atoms with Crippen molar-refractivity contribution in [2.45, 2.75) is 18.9 Å². The van der Waals surface area contributed by atoms with Gasteiger partial charge >= 0.3 is 0 Å². The van der Waals surface area contributed by atoms with Crippen LogP contribution in [-0.4, -0.2) is 17.9 Å². The van der Waals surface area contributed by atoms with E-state index in [1.165, 1.54) is 12.1 Å². The predicted octanol–water partition coefficient (Wildman–Crippen LogP) is 5.01. The molecule has 0 aliphatic carbocycles. The van der Waals surface area contributed by atoms with Gasteiger partial charge in [-0.15, -0.1) is 0 Å². The zero-order chi connectivity index (χ0) is 18.4. The Labute approximate surface area is 153 Å². The Morgan fingerprint density at radius 1 is 0.846 bits per heavy atom. The first kappa shape index (κ1) is 17.9. The maximum Gasteiger partial charge on any atom is 0.223 e. The summed E-state index contributed by atoms with van der Waals surface area (Å²) in [5, 5.41) is 0. The molecule has 2 nitrogen and oxygen atoms in total. The van der Waals surface area contributed by atoms with Crippen LogP contribution in [0.3, 0.4) is 0 Å². The fourth-order valence-electron chi connectivity index (χ4n) is 3.08. The summed E-state index contributed by atoms with van der Waals surface area (Å²) in [6.07, 6.45) is 0.395. The Kier molecular flexibility index (Phi) is 5.80. The van der Waals surface area contributed by atoms with Crippen molar-refractivity contribution < 1.29 is 9.18 Å². The number of amides is 1. The number of rotatable bonds is 6. The van der Waals surface area contributed by atoms with Gasteiger partial charge in [0.2, 0.25) is 5.91 Å². The van der Waals surface area contributed by atoms with Crippen LogP contribution < -0.4 is 0 Å². The van der Waals surface area contributed by atoms with Crippen molar-refractivity contribution in [2.75, 3.05) is 7.05 Å². The lowest BCUT2D eigenvalue weighted by atomic mass is 9.88. The maximum atomic E-state index is 13.0. The summed E-state index contributed by atoms with van der Waals surface area (Å²) in [4.78, 5) is 14.5. The van der Waals surface area contributed by atoms with Crippen LogP contribution in [-0.2, 0) is 11.3 Å². The molecule has 0 radical (unpaired) electrons. The monoisotopic (exact) mass is 347 g/mol. The number of carbonyl (C=O) groups is 1. The van der Waals surface area contributed by atoms with Crippen molar-refractivity contribution in [3.63, 3.8) is 0 Å². The van der Waals surface area contributed by atoms with Gasteiger partial charge in [0.15, 0.2) is 0 Å². The van der Waals surface area contributed by atoms with Crippen LogP contribution in [0, 0.1) is 5.82 Å². The van der Waals surface area contributed by atoms with Crippen molar-refractivity contribution >= 4 is 5.91 Å². The number of halogens is 1. The fraction of sp³-hybridized carbons (Fsp3) is 0.174. The summed E-state index contributed by atoms with van der Waals surface area (Å²) in [5.74, 6) is -0.191. The molecule has 0 aliphatic rings. The summed E-state index contributed by atoms with van der Waals surface area (Å²) in [5.41, 5.74) is 3.17. The summed E-state index contributed by atoms with van der Waals surface area (Å²) < 4.78 is 13.0. The molecular weight excluding hydrogens is 325 g/mol. The second-order valence-corrected chi connectivity index (χ2v) is 6.45. The van der Waals surface area contributed by atoms with Gasteiger partial charge in [0.1, 0.15) is 5.82 Å². The quantitative estimate of drug-likeness (QED) is 0.614. The third kappa shape index (κ3) is 4.57. The molecule has 0 unspecified atom stereocenters. The summed E-state index contributed by atoms with van der Waals surface area (Å²) in [6.45, 7) is 0.468. The SMILES string of the molecule is CN(Cc1ccc(F)cc1)C(=O)CC(c1ccccc1)c1ccccc1. The maximum absolute atomic E-state index is 13.0. The van der Waals surface area contributed by atoms with Crippen molar-refractivity contribution in [1.29, 1.82) is 0 Å². The topological polar surface area (TPSA) is 20.3 Å². The van der Waals surface area contributed by atoms with Crippen LogP contribution in [0.2, 0.25) is 0 Å². The van der Waals surface area contributed by atoms with Crippen LogP contribution in [0.1, 0.15) is 29.0 Å². The third-order valence-electron chi connectivity index (χ3n) is 4.54. The number of benzene rings is 3. The highest BCUT2D eigenvalue weighted by atomic mass is 19.1. The van der Waals surface area contributed by atoms with Gasteiger partial charge in [-0.25, -0.2) is 4.39 Å². The molecule has 1 amide bonds. The van der Waals surface area contributed by atoms with E-state index < -0.39 is 0 Å². The Bertz CT molecular complexity index is 792. The van der Waals surface area contributed by atoms with Gasteiger partial charge < -0.3 is 4.90 Å². The van der Waals surface area contributed by atoms with Crippen molar-refractivity contribution in [2.24, 2.45) is 0 Å². The van der Waals surface area contributed by atoms with E-state index in [0.717, 1.165) is 16.7 Å². The van der Waals surface area contributed by atoms with Gasteiger partial charge in [-0.05, 0) is 28.8 Å². The minimum absolute atomic E-state index is 0.0144. The lowest BCUT2D eigenvalue weighted by Gasteiger charge is -2.22. The Morgan fingerprint density at radius 2 is 1.35 bits per heavy atom. The molecule has 0 aliphatic heterocycles. The van der Waals surface area contributed by atoms with E-state index >= 15 is 0 Å². The van der Waals surface area contributed by atoms with Crippen LogP contribution >= 0.6 is 0 Å². The lowest BCUT2D eigenvalue weighted by molar-refractivity contribution is -0.130. The van der Waals surface area contributed by atoms with Crippen molar-refractivity contribution in [3.8, 4) is 0 Å². The number of nitrogens with zero attached hydrogens (tertiary/aromatic N) is 1. The Balaban J connectivity index is 1.75. The first-order valence-corrected chi connectivity index (χ1v) is 8.72. The van der Waals surface area contributed by atoms with Gasteiger partial charge in [-0.3, -0.25) is 4.79 Å². The smallest absolute Gasteiger partial charge is 0.223 e. The first-order chi connectivity index (χ1) is 12.6. The highest BCUT2D eigenvalue weighted by molar-refractivity contribution is 5.77. The zero-order valence-corrected chi connectivity index (χ0v) is 14.8. The molecule has 3 heteroatoms. The van der Waals surface area contributed by atoms with E-state index in [1.807, 2.05) is 36.4 Å². The predicted molar refractivity (Wildman–Crippen MR) is 102 cm³/mol. The molecule has 0 aromatic heterocycles. The highest BCUT2D eigenvalue weighted by Crippen LogP contribution is 2.28. The fourth-order valence-corrected chi connectivity index (χ4v) is 3.08. The van der Waals surface area contributed by atoms with E-state index in [-0.39, 0.29) is 17.6 Å². The van der Waals surface area contributed by atoms with E-state index in [9.17, 15) is 9.18 Å². The molecule has 3 aromatic carbocycles. The molecule has 3 aromatic rings. The minimum Gasteiger partial charge on any atom is -0.341 e. The summed E-state index contributed by atoms with van der Waals surface area (Å²) in [6, 6.07) is 26.5. The molecule has 0 bridgehead atoms. The third-order valence-corrected chi connectivity index (χ3v) is 4.54. The van der Waals surface area contributed by atoms with Crippen LogP contribution in [0.15, 0.2) is 84.9 Å². The number of carbonyl (C=O) groups excluding carboxylic acids is 1. The molecule has 0 saturated heterocycles. The van der Waals surface area contributed by atoms with Crippen LogP contribution in [0.25, 0.3) is 0 Å². The standard InChI is InChI=1S/C23H22FNO/c1-25(17-18-12-14-21(24)15-13-18)23(26)16-22(19-8-4-2-5-9-19)20-10-6-3-7-11-20/h2-15,22H,16-17H2,1H3. The average Bonchev–Trinajstić information content (AvgIpc) is 2.69. The molecule has 3 rings (SSSR count). The van der Waals surface area contributed by atoms with Gasteiger partial charge in [0, 0.05) is 25.9 Å². The molecule has 0 heterocycles. The van der Waals surface area contributed by atoms with Crippen molar-refractivity contribution in [3.05, 3.63) is 107 Å². The number of hydrogen-bond donors (Lipinski definition) is 0. The van der Waals surface area contributed by atoms with E-state index in [0.29, 0.717) is 13.0 Å². The lowest BCUT2D eigenvalue weighted by Crippen LogP contribution is -2.27. The molecule has 26 heavy (non-hydrogen) atoms. The van der Waals surface area contributed by atoms with Gasteiger partial charge in [-0.1, -0.05) is 72.8 Å². The molecule has 0 fully saturated rings. The van der Waals surface area contributed by atoms with E-state index in [4.69, 9.17) is 0 Å². The minimum atomic E-state index is -0.268. The molecule has 0 spiro atoms. The highest BCUT2D eigenvalue weighted by Gasteiger charge is 2.20. The first-order valence-electron chi connectivity index (χ1n) is 8.72.